The molecule has 0 aliphatic rings. The van der Waals surface area contributed by atoms with Gasteiger partial charge in [-0.15, -0.1) is 0 Å². The minimum atomic E-state index is -1.05. The van der Waals surface area contributed by atoms with Crippen LogP contribution in [0.4, 0.5) is 0 Å². The van der Waals surface area contributed by atoms with Crippen LogP contribution in [0.3, 0.4) is 0 Å². The highest BCUT2D eigenvalue weighted by molar-refractivity contribution is 5.91. The van der Waals surface area contributed by atoms with Crippen LogP contribution in [-0.2, 0) is 9.59 Å². The first kappa shape index (κ1) is 16.7. The number of carbonyl (C=O) groups is 3. The van der Waals surface area contributed by atoms with Gasteiger partial charge in [0.15, 0.2) is 5.76 Å². The summed E-state index contributed by atoms with van der Waals surface area (Å²) in [5.74, 6) is -1.71. The molecule has 3 N–H and O–H groups in total. The molecule has 2 amide bonds. The Morgan fingerprint density at radius 3 is 2.57 bits per heavy atom. The molecule has 0 unspecified atom stereocenters. The second-order valence-electron chi connectivity index (χ2n) is 4.96. The maximum absolute atomic E-state index is 11.6. The van der Waals surface area contributed by atoms with E-state index in [0.29, 0.717) is 13.0 Å². The topological polar surface area (TPSA) is 109 Å². The van der Waals surface area contributed by atoms with Crippen molar-refractivity contribution in [3.05, 3.63) is 24.2 Å². The summed E-state index contributed by atoms with van der Waals surface area (Å²) < 4.78 is 4.92. The number of hydrogen-bond donors (Lipinski definition) is 3. The van der Waals surface area contributed by atoms with Crippen LogP contribution in [0, 0.1) is 5.92 Å². The largest absolute Gasteiger partial charge is 0.480 e. The Kier molecular flexibility index (Phi) is 6.45. The van der Waals surface area contributed by atoms with Crippen molar-refractivity contribution in [1.82, 2.24) is 10.6 Å². The monoisotopic (exact) mass is 296 g/mol. The first-order valence-corrected chi connectivity index (χ1v) is 6.75. The predicted molar refractivity (Wildman–Crippen MR) is 74.7 cm³/mol. The fourth-order valence-corrected chi connectivity index (χ4v) is 1.70. The van der Waals surface area contributed by atoms with Gasteiger partial charge in [-0.1, -0.05) is 13.8 Å². The number of carboxylic acids is 1. The summed E-state index contributed by atoms with van der Waals surface area (Å²) in [6.45, 7) is 3.76. The van der Waals surface area contributed by atoms with E-state index >= 15 is 0 Å². The zero-order valence-electron chi connectivity index (χ0n) is 12.1. The van der Waals surface area contributed by atoms with Crippen molar-refractivity contribution in [2.75, 3.05) is 6.54 Å². The third-order valence-electron chi connectivity index (χ3n) is 2.86. The lowest BCUT2D eigenvalue weighted by Gasteiger charge is -2.17. The Morgan fingerprint density at radius 1 is 1.33 bits per heavy atom. The number of aliphatic carboxylic acids is 1. The van der Waals surface area contributed by atoms with Crippen molar-refractivity contribution >= 4 is 17.8 Å². The van der Waals surface area contributed by atoms with Gasteiger partial charge in [-0.05, 0) is 24.5 Å². The molecule has 1 rings (SSSR count). The zero-order chi connectivity index (χ0) is 15.8. The molecule has 0 saturated carbocycles. The molecule has 0 bridgehead atoms. The summed E-state index contributed by atoms with van der Waals surface area (Å²) in [4.78, 5) is 34.1. The van der Waals surface area contributed by atoms with Gasteiger partial charge in [-0.3, -0.25) is 9.59 Å². The maximum Gasteiger partial charge on any atom is 0.326 e. The molecular weight excluding hydrogens is 276 g/mol. The molecule has 116 valence electrons. The Labute approximate surface area is 122 Å². The Balaban J connectivity index is 2.24. The third kappa shape index (κ3) is 5.68. The molecule has 0 saturated heterocycles. The van der Waals surface area contributed by atoms with Gasteiger partial charge < -0.3 is 20.2 Å². The minimum Gasteiger partial charge on any atom is -0.480 e. The molecule has 7 heteroatoms. The van der Waals surface area contributed by atoms with Gasteiger partial charge in [0.2, 0.25) is 5.91 Å². The molecule has 0 aromatic carbocycles. The SMILES string of the molecule is CC(C)[C@@H](NC(=O)CCCNC(=O)c1ccco1)C(=O)O. The highest BCUT2D eigenvalue weighted by atomic mass is 16.4. The fourth-order valence-electron chi connectivity index (χ4n) is 1.70. The second-order valence-corrected chi connectivity index (χ2v) is 4.96. The predicted octanol–water partition coefficient (Wildman–Crippen LogP) is 1.01. The van der Waals surface area contributed by atoms with Crippen molar-refractivity contribution in [3.63, 3.8) is 0 Å². The van der Waals surface area contributed by atoms with Gasteiger partial charge in [0.1, 0.15) is 6.04 Å². The van der Waals surface area contributed by atoms with Crippen molar-refractivity contribution in [3.8, 4) is 0 Å². The molecule has 1 heterocycles. The number of furan rings is 1. The van der Waals surface area contributed by atoms with Crippen molar-refractivity contribution in [2.24, 2.45) is 5.92 Å². The molecule has 0 spiro atoms. The average molecular weight is 296 g/mol. The molecule has 1 aromatic rings. The van der Waals surface area contributed by atoms with Crippen LogP contribution >= 0.6 is 0 Å². The summed E-state index contributed by atoms with van der Waals surface area (Å²) in [7, 11) is 0. The van der Waals surface area contributed by atoms with E-state index in [1.165, 1.54) is 6.26 Å². The van der Waals surface area contributed by atoms with Crippen LogP contribution in [0.5, 0.6) is 0 Å². The third-order valence-corrected chi connectivity index (χ3v) is 2.86. The van der Waals surface area contributed by atoms with Gasteiger partial charge in [0.25, 0.3) is 5.91 Å². The van der Waals surface area contributed by atoms with E-state index in [0.717, 1.165) is 0 Å². The Hall–Kier alpha value is -2.31. The molecule has 7 nitrogen and oxygen atoms in total. The number of rotatable bonds is 8. The summed E-state index contributed by atoms with van der Waals surface area (Å²) >= 11 is 0. The van der Waals surface area contributed by atoms with Crippen LogP contribution < -0.4 is 10.6 Å². The fraction of sp³-hybridized carbons (Fsp3) is 0.500. The molecule has 0 aliphatic carbocycles. The molecule has 0 radical (unpaired) electrons. The highest BCUT2D eigenvalue weighted by Gasteiger charge is 2.22. The first-order valence-electron chi connectivity index (χ1n) is 6.75. The standard InChI is InChI=1S/C14H20N2O5/c1-9(2)12(14(19)20)16-11(17)6-3-7-15-13(18)10-5-4-8-21-10/h4-5,8-9,12H,3,6-7H2,1-2H3,(H,15,18)(H,16,17)(H,19,20)/t12-/m1/s1. The van der Waals surface area contributed by atoms with Gasteiger partial charge in [-0.2, -0.15) is 0 Å². The summed E-state index contributed by atoms with van der Waals surface area (Å²) in [6.07, 6.45) is 1.97. The van der Waals surface area contributed by atoms with E-state index in [9.17, 15) is 14.4 Å². The van der Waals surface area contributed by atoms with E-state index < -0.39 is 12.0 Å². The second kappa shape index (κ2) is 8.08. The van der Waals surface area contributed by atoms with E-state index in [2.05, 4.69) is 10.6 Å². The van der Waals surface area contributed by atoms with Crippen LogP contribution in [0.2, 0.25) is 0 Å². The van der Waals surface area contributed by atoms with Crippen LogP contribution in [-0.4, -0.2) is 35.5 Å². The van der Waals surface area contributed by atoms with Crippen LogP contribution in [0.1, 0.15) is 37.2 Å². The average Bonchev–Trinajstić information content (AvgIpc) is 2.94. The van der Waals surface area contributed by atoms with Crippen molar-refractivity contribution in [1.29, 1.82) is 0 Å². The van der Waals surface area contributed by atoms with Crippen molar-refractivity contribution < 1.29 is 23.9 Å². The lowest BCUT2D eigenvalue weighted by Crippen LogP contribution is -2.44. The van der Waals surface area contributed by atoms with Crippen molar-refractivity contribution in [2.45, 2.75) is 32.7 Å². The number of hydrogen-bond acceptors (Lipinski definition) is 4. The molecule has 1 aromatic heterocycles. The van der Waals surface area contributed by atoms with E-state index in [1.807, 2.05) is 0 Å². The normalized spacial score (nSPS) is 12.0. The first-order chi connectivity index (χ1) is 9.91. The molecule has 0 fully saturated rings. The molecule has 1 atom stereocenters. The molecular formula is C14H20N2O5. The van der Waals surface area contributed by atoms with Crippen LogP contribution in [0.25, 0.3) is 0 Å². The lowest BCUT2D eigenvalue weighted by molar-refractivity contribution is -0.143. The van der Waals surface area contributed by atoms with Gasteiger partial charge >= 0.3 is 5.97 Å². The van der Waals surface area contributed by atoms with E-state index in [4.69, 9.17) is 9.52 Å². The zero-order valence-corrected chi connectivity index (χ0v) is 12.1. The minimum absolute atomic E-state index is 0.148. The van der Waals surface area contributed by atoms with Gasteiger partial charge in [0.05, 0.1) is 6.26 Å². The van der Waals surface area contributed by atoms with E-state index in [1.54, 1.807) is 26.0 Å². The lowest BCUT2D eigenvalue weighted by atomic mass is 10.0. The van der Waals surface area contributed by atoms with Gasteiger partial charge in [-0.25, -0.2) is 4.79 Å². The number of amides is 2. The summed E-state index contributed by atoms with van der Waals surface area (Å²) in [5.41, 5.74) is 0. The quantitative estimate of drug-likeness (QED) is 0.620. The highest BCUT2D eigenvalue weighted by Crippen LogP contribution is 2.03. The summed E-state index contributed by atoms with van der Waals surface area (Å²) in [5, 5.41) is 14.0. The number of nitrogens with one attached hydrogen (secondary N) is 2. The number of carboxylic acid groups (broad SMARTS) is 1. The van der Waals surface area contributed by atoms with E-state index in [-0.39, 0.29) is 29.9 Å². The summed E-state index contributed by atoms with van der Waals surface area (Å²) in [6, 6.07) is 2.26. The van der Waals surface area contributed by atoms with Gasteiger partial charge in [0, 0.05) is 13.0 Å². The molecule has 0 aliphatic heterocycles. The Bertz CT molecular complexity index is 482. The smallest absolute Gasteiger partial charge is 0.326 e. The molecule has 21 heavy (non-hydrogen) atoms. The Morgan fingerprint density at radius 2 is 2.05 bits per heavy atom. The van der Waals surface area contributed by atoms with Crippen LogP contribution in [0.15, 0.2) is 22.8 Å². The maximum atomic E-state index is 11.6. The number of carbonyl (C=O) groups excluding carboxylic acids is 2.